The van der Waals surface area contributed by atoms with Gasteiger partial charge in [0.1, 0.15) is 0 Å². The predicted octanol–water partition coefficient (Wildman–Crippen LogP) is 6.71. The van der Waals surface area contributed by atoms with E-state index in [2.05, 4.69) is 86.4 Å². The summed E-state index contributed by atoms with van der Waals surface area (Å²) in [6.07, 6.45) is 13.9. The van der Waals surface area contributed by atoms with E-state index in [0.29, 0.717) is 0 Å². The third-order valence-corrected chi connectivity index (χ3v) is 4.12. The van der Waals surface area contributed by atoms with Gasteiger partial charge in [0.2, 0.25) is 0 Å². The zero-order valence-corrected chi connectivity index (χ0v) is 15.5. The summed E-state index contributed by atoms with van der Waals surface area (Å²) in [6.45, 7) is 4.43. The maximum absolute atomic E-state index is 3.07. The van der Waals surface area contributed by atoms with Crippen molar-refractivity contribution in [3.63, 3.8) is 0 Å². The molecule has 25 heavy (non-hydrogen) atoms. The van der Waals surface area contributed by atoms with Crippen molar-refractivity contribution in [1.29, 1.82) is 0 Å². The van der Waals surface area contributed by atoms with Gasteiger partial charge < -0.3 is 0 Å². The van der Waals surface area contributed by atoms with E-state index in [1.807, 2.05) is 12.2 Å². The maximum atomic E-state index is 3.07. The van der Waals surface area contributed by atoms with Crippen molar-refractivity contribution in [3.05, 3.63) is 82.9 Å². The second-order valence-corrected chi connectivity index (χ2v) is 6.29. The first-order chi connectivity index (χ1) is 12.3. The highest BCUT2D eigenvalue weighted by Gasteiger charge is 1.92. The van der Waals surface area contributed by atoms with Crippen LogP contribution in [0.2, 0.25) is 0 Å². The first kappa shape index (κ1) is 18.8. The van der Waals surface area contributed by atoms with Gasteiger partial charge in [-0.05, 0) is 65.8 Å². The summed E-state index contributed by atoms with van der Waals surface area (Å²) in [4.78, 5) is 0. The molecule has 0 heterocycles. The third-order valence-electron chi connectivity index (χ3n) is 4.12. The van der Waals surface area contributed by atoms with Crippen LogP contribution < -0.4 is 0 Å². The lowest BCUT2D eigenvalue weighted by Gasteiger charge is -1.99. The van der Waals surface area contributed by atoms with E-state index in [1.165, 1.54) is 47.9 Å². The Balaban J connectivity index is 1.83. The summed E-state index contributed by atoms with van der Waals surface area (Å²) in [5.41, 5.74) is 5.21. The molecule has 0 aliphatic carbocycles. The Morgan fingerprint density at radius 1 is 0.640 bits per heavy atom. The number of allylic oxidation sites excluding steroid dienone is 2. The van der Waals surface area contributed by atoms with Crippen LogP contribution in [0.3, 0.4) is 0 Å². The highest BCUT2D eigenvalue weighted by Crippen LogP contribution is 2.09. The Morgan fingerprint density at radius 2 is 1.12 bits per heavy atom. The Bertz CT molecular complexity index is 731. The van der Waals surface area contributed by atoms with E-state index in [1.54, 1.807) is 0 Å². The van der Waals surface area contributed by atoms with Gasteiger partial charge in [-0.3, -0.25) is 0 Å². The number of hydrogen-bond donors (Lipinski definition) is 0. The van der Waals surface area contributed by atoms with Gasteiger partial charge in [-0.15, -0.1) is 0 Å². The molecule has 0 N–H and O–H groups in total. The van der Waals surface area contributed by atoms with Crippen LogP contribution in [0, 0.1) is 11.8 Å². The van der Waals surface area contributed by atoms with E-state index < -0.39 is 0 Å². The first-order valence-electron chi connectivity index (χ1n) is 9.34. The van der Waals surface area contributed by atoms with Crippen molar-refractivity contribution in [2.24, 2.45) is 0 Å². The number of rotatable bonds is 7. The molecule has 2 aromatic carbocycles. The number of aryl methyl sites for hydroxylation is 2. The Hall–Kier alpha value is -2.52. The minimum atomic E-state index is 1.15. The summed E-state index contributed by atoms with van der Waals surface area (Å²) < 4.78 is 0. The first-order valence-corrected chi connectivity index (χ1v) is 9.34. The summed E-state index contributed by atoms with van der Waals surface area (Å²) in [7, 11) is 0. The van der Waals surface area contributed by atoms with Gasteiger partial charge in [0.25, 0.3) is 0 Å². The minimum Gasteiger partial charge on any atom is -0.0702 e. The number of benzene rings is 2. The van der Waals surface area contributed by atoms with Gasteiger partial charge in [0.15, 0.2) is 0 Å². The molecule has 2 aromatic rings. The zero-order valence-electron chi connectivity index (χ0n) is 15.5. The molecule has 0 aromatic heterocycles. The molecular formula is C25H28. The van der Waals surface area contributed by atoms with Crippen molar-refractivity contribution in [3.8, 4) is 11.8 Å². The second-order valence-electron chi connectivity index (χ2n) is 6.29. The molecule has 0 saturated carbocycles. The topological polar surface area (TPSA) is 0 Å². The minimum absolute atomic E-state index is 1.15. The lowest BCUT2D eigenvalue weighted by atomic mass is 10.1. The van der Waals surface area contributed by atoms with Gasteiger partial charge in [-0.1, -0.05) is 87.1 Å². The van der Waals surface area contributed by atoms with Crippen LogP contribution in [0.1, 0.15) is 55.4 Å². The van der Waals surface area contributed by atoms with E-state index in [0.717, 1.165) is 6.42 Å². The molecule has 0 fully saturated rings. The number of unbranched alkanes of at least 4 members (excludes halogenated alkanes) is 1. The average molecular weight is 328 g/mol. The second kappa shape index (κ2) is 11.1. The highest BCUT2D eigenvalue weighted by molar-refractivity contribution is 5.56. The third kappa shape index (κ3) is 7.27. The number of hydrogen-bond acceptors (Lipinski definition) is 0. The van der Waals surface area contributed by atoms with Crippen LogP contribution in [-0.4, -0.2) is 0 Å². The fourth-order valence-corrected chi connectivity index (χ4v) is 2.63. The molecule has 0 nitrogen and oxygen atoms in total. The van der Waals surface area contributed by atoms with Crippen LogP contribution in [-0.2, 0) is 12.8 Å². The molecule has 2 rings (SSSR count). The zero-order chi connectivity index (χ0) is 17.7. The molecule has 0 heteroatoms. The molecule has 0 radical (unpaired) electrons. The van der Waals surface area contributed by atoms with Gasteiger partial charge in [0.05, 0.1) is 0 Å². The summed E-state index contributed by atoms with van der Waals surface area (Å²) in [5.74, 6) is 6.13. The Kier molecular flexibility index (Phi) is 8.36. The van der Waals surface area contributed by atoms with Crippen molar-refractivity contribution in [2.45, 2.75) is 46.0 Å². The Labute approximate surface area is 153 Å². The van der Waals surface area contributed by atoms with E-state index in [9.17, 15) is 0 Å². The van der Waals surface area contributed by atoms with Crippen LogP contribution in [0.5, 0.6) is 0 Å². The van der Waals surface area contributed by atoms with E-state index >= 15 is 0 Å². The van der Waals surface area contributed by atoms with Crippen LogP contribution in [0.15, 0.2) is 60.7 Å². The molecule has 0 saturated heterocycles. The lowest BCUT2D eigenvalue weighted by Crippen LogP contribution is -1.83. The molecule has 0 spiro atoms. The average Bonchev–Trinajstić information content (AvgIpc) is 2.65. The molecule has 0 unspecified atom stereocenters. The maximum Gasteiger partial charge on any atom is -0.0109 e. The van der Waals surface area contributed by atoms with Crippen molar-refractivity contribution in [1.82, 2.24) is 0 Å². The summed E-state index contributed by atoms with van der Waals surface area (Å²) in [6, 6.07) is 17.4. The standard InChI is InChI=1S/C25H28/c1-3-5-11-23-18-20-25(21-19-23)13-9-7-6-8-12-24-16-14-22(10-4-2)15-17-24/h8-9,12-21H,3-5,10-11H2,1-2H3/b12-8+,13-9+. The van der Waals surface area contributed by atoms with Crippen LogP contribution in [0.25, 0.3) is 12.2 Å². The normalized spacial score (nSPS) is 11.0. The van der Waals surface area contributed by atoms with Crippen molar-refractivity contribution in [2.75, 3.05) is 0 Å². The van der Waals surface area contributed by atoms with Gasteiger partial charge in [-0.25, -0.2) is 0 Å². The van der Waals surface area contributed by atoms with Gasteiger partial charge in [-0.2, -0.15) is 0 Å². The molecule has 0 amide bonds. The predicted molar refractivity (Wildman–Crippen MR) is 111 cm³/mol. The Morgan fingerprint density at radius 3 is 1.56 bits per heavy atom. The lowest BCUT2D eigenvalue weighted by molar-refractivity contribution is 0.795. The SMILES string of the molecule is CCCCc1ccc(/C=C/C#C/C=C/c2ccc(CCC)cc2)cc1. The quantitative estimate of drug-likeness (QED) is 0.495. The van der Waals surface area contributed by atoms with Crippen molar-refractivity contribution >= 4 is 12.2 Å². The van der Waals surface area contributed by atoms with E-state index in [4.69, 9.17) is 0 Å². The summed E-state index contributed by atoms with van der Waals surface area (Å²) >= 11 is 0. The fourth-order valence-electron chi connectivity index (χ4n) is 2.63. The highest BCUT2D eigenvalue weighted by atomic mass is 14.0. The molecular weight excluding hydrogens is 300 g/mol. The monoisotopic (exact) mass is 328 g/mol. The molecule has 0 bridgehead atoms. The fraction of sp³-hybridized carbons (Fsp3) is 0.280. The van der Waals surface area contributed by atoms with Crippen molar-refractivity contribution < 1.29 is 0 Å². The van der Waals surface area contributed by atoms with Gasteiger partial charge >= 0.3 is 0 Å². The van der Waals surface area contributed by atoms with E-state index in [-0.39, 0.29) is 0 Å². The molecule has 128 valence electrons. The molecule has 0 atom stereocenters. The summed E-state index contributed by atoms with van der Waals surface area (Å²) in [5, 5.41) is 0. The molecule has 0 aliphatic heterocycles. The van der Waals surface area contributed by atoms with Crippen LogP contribution >= 0.6 is 0 Å². The van der Waals surface area contributed by atoms with Gasteiger partial charge in [0, 0.05) is 0 Å². The van der Waals surface area contributed by atoms with Crippen LogP contribution in [0.4, 0.5) is 0 Å². The molecule has 0 aliphatic rings. The largest absolute Gasteiger partial charge is 0.0702 e. The smallest absolute Gasteiger partial charge is 0.0109 e.